The van der Waals surface area contributed by atoms with E-state index in [1.165, 1.54) is 14.0 Å². The van der Waals surface area contributed by atoms with Crippen molar-refractivity contribution in [3.05, 3.63) is 47.5 Å². The maximum absolute atomic E-state index is 13.7. The average Bonchev–Trinajstić information content (AvgIpc) is 3.47. The van der Waals surface area contributed by atoms with Crippen molar-refractivity contribution in [2.24, 2.45) is 16.7 Å². The van der Waals surface area contributed by atoms with Crippen LogP contribution < -0.4 is 0 Å². The Morgan fingerprint density at radius 1 is 0.794 bits per heavy atom. The molecule has 16 nitrogen and oxygen atoms in total. The molecule has 354 valence electrons. The van der Waals surface area contributed by atoms with Gasteiger partial charge >= 0.3 is 5.97 Å². The molecular formula is C47H70O16. The summed E-state index contributed by atoms with van der Waals surface area (Å²) in [6, 6.07) is 8.53. The molecule has 1 aromatic rings. The third kappa shape index (κ3) is 7.84. The summed E-state index contributed by atoms with van der Waals surface area (Å²) in [4.78, 5) is 13.7. The summed E-state index contributed by atoms with van der Waals surface area (Å²) in [6.07, 6.45) is -6.78. The van der Waals surface area contributed by atoms with Crippen LogP contribution in [0.15, 0.2) is 42.0 Å². The molecule has 7 N–H and O–H groups in total. The predicted octanol–water partition coefficient (Wildman–Crippen LogP) is 2.78. The van der Waals surface area contributed by atoms with Crippen LogP contribution in [0.2, 0.25) is 0 Å². The largest absolute Gasteiger partial charge is 0.458 e. The summed E-state index contributed by atoms with van der Waals surface area (Å²) in [5, 5.41) is 81.8. The molecule has 16 heteroatoms. The molecule has 4 aliphatic carbocycles. The number of esters is 1. The fraction of sp³-hybridized carbons (Fsp3) is 0.809. The number of hydrogen-bond acceptors (Lipinski definition) is 16. The highest BCUT2D eigenvalue weighted by molar-refractivity contribution is 5.89. The van der Waals surface area contributed by atoms with E-state index in [9.17, 15) is 40.5 Å². The Morgan fingerprint density at radius 2 is 1.38 bits per heavy atom. The van der Waals surface area contributed by atoms with Gasteiger partial charge in [0, 0.05) is 32.3 Å². The lowest BCUT2D eigenvalue weighted by Crippen LogP contribution is -2.78. The van der Waals surface area contributed by atoms with Crippen molar-refractivity contribution < 1.29 is 78.4 Å². The number of methoxy groups -OCH3 is 1. The normalized spacial score (nSPS) is 50.4. The molecule has 3 heterocycles. The highest BCUT2D eigenvalue weighted by Gasteiger charge is 2.81. The van der Waals surface area contributed by atoms with Crippen molar-refractivity contribution in [3.8, 4) is 0 Å². The van der Waals surface area contributed by atoms with E-state index in [0.717, 1.165) is 5.57 Å². The summed E-state index contributed by atoms with van der Waals surface area (Å²) < 4.78 is 48.9. The molecule has 0 bridgehead atoms. The van der Waals surface area contributed by atoms with Crippen LogP contribution in [0.5, 0.6) is 0 Å². The molecule has 3 saturated carbocycles. The average molecular weight is 891 g/mol. The van der Waals surface area contributed by atoms with Crippen LogP contribution in [0.3, 0.4) is 0 Å². The van der Waals surface area contributed by atoms with Crippen LogP contribution in [0.4, 0.5) is 0 Å². The van der Waals surface area contributed by atoms with Gasteiger partial charge in [0.15, 0.2) is 18.9 Å². The summed E-state index contributed by atoms with van der Waals surface area (Å²) in [6.45, 7) is 10.5. The Kier molecular flexibility index (Phi) is 13.2. The van der Waals surface area contributed by atoms with E-state index in [-0.39, 0.29) is 44.6 Å². The topological polar surface area (TPSA) is 233 Å². The summed E-state index contributed by atoms with van der Waals surface area (Å²) in [5.74, 6) is -1.17. The first kappa shape index (κ1) is 47.4. The zero-order valence-electron chi connectivity index (χ0n) is 37.6. The van der Waals surface area contributed by atoms with Crippen LogP contribution in [-0.2, 0) is 37.9 Å². The lowest BCUT2D eigenvalue weighted by molar-refractivity contribution is -0.336. The van der Waals surface area contributed by atoms with Gasteiger partial charge in [-0.2, -0.15) is 0 Å². The first-order valence-corrected chi connectivity index (χ1v) is 23.0. The van der Waals surface area contributed by atoms with Crippen LogP contribution in [-0.4, -0.2) is 158 Å². The van der Waals surface area contributed by atoms with Crippen LogP contribution in [0.1, 0.15) is 116 Å². The Morgan fingerprint density at radius 3 is 1.97 bits per heavy atom. The van der Waals surface area contributed by atoms with Gasteiger partial charge in [-0.15, -0.1) is 0 Å². The van der Waals surface area contributed by atoms with Gasteiger partial charge in [0.25, 0.3) is 0 Å². The number of rotatable bonds is 10. The van der Waals surface area contributed by atoms with E-state index in [4.69, 9.17) is 37.9 Å². The van der Waals surface area contributed by atoms with Crippen molar-refractivity contribution in [2.45, 2.75) is 215 Å². The number of fused-ring (bicyclic) bond motifs is 5. The molecule has 8 rings (SSSR count). The number of hydrogen-bond donors (Lipinski definition) is 7. The fourth-order valence-electron chi connectivity index (χ4n) is 12.9. The second kappa shape index (κ2) is 17.5. The van der Waals surface area contributed by atoms with Crippen molar-refractivity contribution in [2.75, 3.05) is 7.11 Å². The minimum absolute atomic E-state index is 0.00523. The van der Waals surface area contributed by atoms with E-state index >= 15 is 0 Å². The summed E-state index contributed by atoms with van der Waals surface area (Å²) in [7, 11) is 1.52. The third-order valence-corrected chi connectivity index (χ3v) is 16.8. The number of benzene rings is 1. The zero-order chi connectivity index (χ0) is 45.4. The Bertz CT molecular complexity index is 1790. The van der Waals surface area contributed by atoms with E-state index in [2.05, 4.69) is 6.92 Å². The summed E-state index contributed by atoms with van der Waals surface area (Å²) in [5.41, 5.74) is -6.33. The van der Waals surface area contributed by atoms with Gasteiger partial charge < -0.3 is 73.6 Å². The van der Waals surface area contributed by atoms with Crippen molar-refractivity contribution >= 4 is 5.97 Å². The quantitative estimate of drug-likeness (QED) is 0.132. The Balaban J connectivity index is 0.906. The molecule has 0 spiro atoms. The van der Waals surface area contributed by atoms with Crippen molar-refractivity contribution in [1.82, 2.24) is 0 Å². The molecule has 21 atom stereocenters. The molecule has 3 aliphatic heterocycles. The number of aliphatic hydroxyl groups excluding tert-OH is 4. The van der Waals surface area contributed by atoms with Crippen LogP contribution in [0, 0.1) is 16.7 Å². The molecule has 0 amide bonds. The number of carbonyl (C=O) groups is 1. The molecule has 7 aliphatic rings. The maximum Gasteiger partial charge on any atom is 0.338 e. The van der Waals surface area contributed by atoms with E-state index in [1.807, 2.05) is 6.08 Å². The second-order valence-corrected chi connectivity index (χ2v) is 20.1. The minimum Gasteiger partial charge on any atom is -0.458 e. The van der Waals surface area contributed by atoms with Gasteiger partial charge in [-0.25, -0.2) is 4.79 Å². The van der Waals surface area contributed by atoms with Gasteiger partial charge in [-0.3, -0.25) is 0 Å². The highest BCUT2D eigenvalue weighted by Crippen LogP contribution is 2.71. The van der Waals surface area contributed by atoms with Crippen molar-refractivity contribution in [1.29, 1.82) is 0 Å². The van der Waals surface area contributed by atoms with Crippen LogP contribution in [0.25, 0.3) is 0 Å². The van der Waals surface area contributed by atoms with Gasteiger partial charge in [0.1, 0.15) is 41.2 Å². The lowest BCUT2D eigenvalue weighted by atomic mass is 9.42. The SMILES string of the molecule is COC1CC(OC2C(O)CC(OC3C(O)CC(OC4CCC5(C)C(=CCC6(O)C5CC(OC(=O)c5ccccc5)C5(C)C(O)(C(C)O)CCC65O)C4)OC3C)OC2C)OC(C)C1O. The smallest absolute Gasteiger partial charge is 0.338 e. The molecule has 3 saturated heterocycles. The molecule has 21 unspecified atom stereocenters. The molecule has 63 heavy (non-hydrogen) atoms. The fourth-order valence-corrected chi connectivity index (χ4v) is 12.9. The first-order valence-electron chi connectivity index (χ1n) is 23.0. The van der Waals surface area contributed by atoms with Crippen LogP contribution >= 0.6 is 0 Å². The van der Waals surface area contributed by atoms with Gasteiger partial charge in [0.2, 0.25) is 0 Å². The van der Waals surface area contributed by atoms with E-state index < -0.39 is 126 Å². The highest BCUT2D eigenvalue weighted by atomic mass is 16.7. The van der Waals surface area contributed by atoms with Crippen molar-refractivity contribution in [3.63, 3.8) is 0 Å². The van der Waals surface area contributed by atoms with Gasteiger partial charge in [-0.05, 0) is 90.2 Å². The predicted molar refractivity (Wildman–Crippen MR) is 223 cm³/mol. The van der Waals surface area contributed by atoms with Gasteiger partial charge in [-0.1, -0.05) is 43.7 Å². The zero-order valence-corrected chi connectivity index (χ0v) is 37.6. The summed E-state index contributed by atoms with van der Waals surface area (Å²) >= 11 is 0. The minimum atomic E-state index is -1.91. The maximum atomic E-state index is 13.7. The molecule has 1 aromatic carbocycles. The first-order chi connectivity index (χ1) is 29.7. The lowest BCUT2D eigenvalue weighted by Gasteiger charge is -2.67. The third-order valence-electron chi connectivity index (χ3n) is 16.8. The van der Waals surface area contributed by atoms with E-state index in [0.29, 0.717) is 31.2 Å². The number of carbonyl (C=O) groups excluding carboxylic acids is 1. The monoisotopic (exact) mass is 890 g/mol. The van der Waals surface area contributed by atoms with E-state index in [1.54, 1.807) is 58.0 Å². The molecule has 0 radical (unpaired) electrons. The Hall–Kier alpha value is -2.13. The number of aliphatic hydroxyl groups is 7. The number of ether oxygens (including phenoxy) is 8. The standard InChI is InChI=1S/C47H70O16/c1-24-39(51)33(56-7)22-38(57-24)63-41-26(3)59-37(21-32(41)50)62-40-25(2)58-36(20-31(40)49)60-30-14-15-43(5)29(19-30)13-16-46(54)34(43)23-35(61-42(52)28-11-9-8-10-12-28)44(6)45(53,27(4)48)17-18-47(44,46)55/h8-13,24-27,30-41,48-51,53-55H,14-23H2,1-7H3. The van der Waals surface area contributed by atoms with Gasteiger partial charge in [0.05, 0.1) is 59.8 Å². The Labute approximate surface area is 369 Å². The molecule has 6 fully saturated rings. The molecular weight excluding hydrogens is 821 g/mol. The molecule has 0 aromatic heterocycles. The second-order valence-electron chi connectivity index (χ2n) is 20.1.